The maximum atomic E-state index is 12.2. The van der Waals surface area contributed by atoms with Gasteiger partial charge in [0.05, 0.1) is 10.6 Å². The summed E-state index contributed by atoms with van der Waals surface area (Å²) in [5.74, 6) is -0.260. The van der Waals surface area contributed by atoms with E-state index in [4.69, 9.17) is 17.3 Å². The van der Waals surface area contributed by atoms with Crippen LogP contribution in [-0.4, -0.2) is 5.91 Å². The number of benzene rings is 2. The Bertz CT molecular complexity index is 638. The normalized spacial score (nSPS) is 10.3. The van der Waals surface area contributed by atoms with Crippen LogP contribution in [0.15, 0.2) is 36.4 Å². The first kappa shape index (κ1) is 13.4. The highest BCUT2D eigenvalue weighted by molar-refractivity contribution is 6.34. The highest BCUT2D eigenvalue weighted by atomic mass is 35.5. The van der Waals surface area contributed by atoms with Crippen LogP contribution in [0.3, 0.4) is 0 Å². The molecule has 0 fully saturated rings. The zero-order valence-corrected chi connectivity index (χ0v) is 11.6. The van der Waals surface area contributed by atoms with E-state index in [0.717, 1.165) is 16.8 Å². The van der Waals surface area contributed by atoms with E-state index in [0.29, 0.717) is 16.3 Å². The minimum Gasteiger partial charge on any atom is -0.399 e. The van der Waals surface area contributed by atoms with Crippen molar-refractivity contribution in [2.45, 2.75) is 13.8 Å². The van der Waals surface area contributed by atoms with Crippen molar-refractivity contribution in [2.24, 2.45) is 0 Å². The molecule has 0 aromatic heterocycles. The third-order valence-electron chi connectivity index (χ3n) is 2.87. The number of halogens is 1. The maximum absolute atomic E-state index is 12.2. The summed E-state index contributed by atoms with van der Waals surface area (Å²) in [6.45, 7) is 3.96. The van der Waals surface area contributed by atoms with Gasteiger partial charge in [-0.15, -0.1) is 0 Å². The fraction of sp³-hybridized carbons (Fsp3) is 0.133. The molecule has 4 heteroatoms. The average Bonchev–Trinajstić information content (AvgIpc) is 2.35. The average molecular weight is 275 g/mol. The first-order valence-corrected chi connectivity index (χ1v) is 6.29. The van der Waals surface area contributed by atoms with Gasteiger partial charge in [-0.1, -0.05) is 29.3 Å². The number of hydrogen-bond acceptors (Lipinski definition) is 2. The molecule has 0 saturated heterocycles. The Morgan fingerprint density at radius 1 is 1.16 bits per heavy atom. The molecule has 3 N–H and O–H groups in total. The molecule has 0 spiro atoms. The Morgan fingerprint density at radius 3 is 2.58 bits per heavy atom. The Balaban J connectivity index is 2.28. The van der Waals surface area contributed by atoms with Gasteiger partial charge in [-0.2, -0.15) is 0 Å². The SMILES string of the molecule is Cc1ccc(NC(=O)c2cc(N)ccc2Cl)c(C)c1. The van der Waals surface area contributed by atoms with Crippen LogP contribution >= 0.6 is 11.6 Å². The predicted octanol–water partition coefficient (Wildman–Crippen LogP) is 3.79. The molecule has 0 radical (unpaired) electrons. The summed E-state index contributed by atoms with van der Waals surface area (Å²) in [5, 5.41) is 3.23. The first-order chi connectivity index (χ1) is 8.97. The lowest BCUT2D eigenvalue weighted by Crippen LogP contribution is -2.13. The number of anilines is 2. The lowest BCUT2D eigenvalue weighted by Gasteiger charge is -2.10. The van der Waals surface area contributed by atoms with Gasteiger partial charge in [0.1, 0.15) is 0 Å². The molecule has 0 atom stereocenters. The van der Waals surface area contributed by atoms with Crippen LogP contribution in [-0.2, 0) is 0 Å². The van der Waals surface area contributed by atoms with Crippen LogP contribution in [0.25, 0.3) is 0 Å². The van der Waals surface area contributed by atoms with Gasteiger partial charge in [-0.05, 0) is 43.7 Å². The molecule has 3 nitrogen and oxygen atoms in total. The number of carbonyl (C=O) groups excluding carboxylic acids is 1. The molecule has 2 aromatic rings. The molecule has 0 heterocycles. The van der Waals surface area contributed by atoms with Crippen molar-refractivity contribution in [1.29, 1.82) is 0 Å². The zero-order chi connectivity index (χ0) is 14.0. The van der Waals surface area contributed by atoms with E-state index in [1.54, 1.807) is 18.2 Å². The summed E-state index contributed by atoms with van der Waals surface area (Å²) in [4.78, 5) is 12.2. The predicted molar refractivity (Wildman–Crippen MR) is 79.7 cm³/mol. The van der Waals surface area contributed by atoms with Crippen LogP contribution in [0.2, 0.25) is 5.02 Å². The van der Waals surface area contributed by atoms with E-state index >= 15 is 0 Å². The standard InChI is InChI=1S/C15H15ClN2O/c1-9-3-6-14(10(2)7-9)18-15(19)12-8-11(17)4-5-13(12)16/h3-8H,17H2,1-2H3,(H,18,19). The van der Waals surface area contributed by atoms with E-state index in [9.17, 15) is 4.79 Å². The minimum absolute atomic E-state index is 0.260. The van der Waals surface area contributed by atoms with Gasteiger partial charge in [0, 0.05) is 11.4 Å². The molecule has 98 valence electrons. The van der Waals surface area contributed by atoms with Gasteiger partial charge in [-0.25, -0.2) is 0 Å². The van der Waals surface area contributed by atoms with Crippen molar-refractivity contribution in [3.63, 3.8) is 0 Å². The molecule has 0 saturated carbocycles. The largest absolute Gasteiger partial charge is 0.399 e. The molecule has 0 unspecified atom stereocenters. The highest BCUT2D eigenvalue weighted by Crippen LogP contribution is 2.22. The summed E-state index contributed by atoms with van der Waals surface area (Å²) in [6.07, 6.45) is 0. The summed E-state index contributed by atoms with van der Waals surface area (Å²) < 4.78 is 0. The summed E-state index contributed by atoms with van der Waals surface area (Å²) in [7, 11) is 0. The third-order valence-corrected chi connectivity index (χ3v) is 3.19. The second kappa shape index (κ2) is 5.33. The molecular weight excluding hydrogens is 260 g/mol. The monoisotopic (exact) mass is 274 g/mol. The van der Waals surface area contributed by atoms with Crippen LogP contribution < -0.4 is 11.1 Å². The van der Waals surface area contributed by atoms with Crippen LogP contribution in [0.1, 0.15) is 21.5 Å². The number of nitrogens with one attached hydrogen (secondary N) is 1. The number of nitrogen functional groups attached to an aromatic ring is 1. The van der Waals surface area contributed by atoms with Gasteiger partial charge in [0.15, 0.2) is 0 Å². The summed E-state index contributed by atoms with van der Waals surface area (Å²) in [6, 6.07) is 10.7. The second-order valence-electron chi connectivity index (χ2n) is 4.51. The van der Waals surface area contributed by atoms with Crippen molar-refractivity contribution in [2.75, 3.05) is 11.1 Å². The molecule has 0 aliphatic rings. The summed E-state index contributed by atoms with van der Waals surface area (Å²) >= 11 is 6.01. The quantitative estimate of drug-likeness (QED) is 0.819. The molecule has 2 rings (SSSR count). The lowest BCUT2D eigenvalue weighted by atomic mass is 10.1. The highest BCUT2D eigenvalue weighted by Gasteiger charge is 2.12. The molecule has 1 amide bonds. The number of aryl methyl sites for hydroxylation is 2. The van der Waals surface area contributed by atoms with Gasteiger partial charge in [-0.3, -0.25) is 4.79 Å². The van der Waals surface area contributed by atoms with Crippen molar-refractivity contribution in [3.05, 3.63) is 58.1 Å². The Kier molecular flexibility index (Phi) is 3.76. The first-order valence-electron chi connectivity index (χ1n) is 5.91. The zero-order valence-electron chi connectivity index (χ0n) is 10.8. The fourth-order valence-corrected chi connectivity index (χ4v) is 2.06. The molecule has 0 aliphatic heterocycles. The molecule has 2 aromatic carbocycles. The number of carbonyl (C=O) groups is 1. The van der Waals surface area contributed by atoms with E-state index in [-0.39, 0.29) is 5.91 Å². The molecule has 19 heavy (non-hydrogen) atoms. The number of nitrogens with two attached hydrogens (primary N) is 1. The van der Waals surface area contributed by atoms with Gasteiger partial charge in [0.2, 0.25) is 0 Å². The fourth-order valence-electron chi connectivity index (χ4n) is 1.86. The van der Waals surface area contributed by atoms with E-state index in [1.807, 2.05) is 32.0 Å². The minimum atomic E-state index is -0.260. The van der Waals surface area contributed by atoms with E-state index < -0.39 is 0 Å². The van der Waals surface area contributed by atoms with Crippen LogP contribution in [0, 0.1) is 13.8 Å². The number of hydrogen-bond donors (Lipinski definition) is 2. The maximum Gasteiger partial charge on any atom is 0.257 e. The topological polar surface area (TPSA) is 55.1 Å². The van der Waals surface area contributed by atoms with E-state index in [1.165, 1.54) is 0 Å². The third kappa shape index (κ3) is 3.06. The van der Waals surface area contributed by atoms with Crippen LogP contribution in [0.5, 0.6) is 0 Å². The smallest absolute Gasteiger partial charge is 0.257 e. The molecular formula is C15H15ClN2O. The van der Waals surface area contributed by atoms with Crippen molar-refractivity contribution in [3.8, 4) is 0 Å². The molecule has 0 aliphatic carbocycles. The molecule has 0 bridgehead atoms. The van der Waals surface area contributed by atoms with Crippen molar-refractivity contribution < 1.29 is 4.79 Å². The Morgan fingerprint density at radius 2 is 1.89 bits per heavy atom. The summed E-state index contributed by atoms with van der Waals surface area (Å²) in [5.41, 5.74) is 9.49. The van der Waals surface area contributed by atoms with Crippen LogP contribution in [0.4, 0.5) is 11.4 Å². The van der Waals surface area contributed by atoms with Gasteiger partial charge < -0.3 is 11.1 Å². The lowest BCUT2D eigenvalue weighted by molar-refractivity contribution is 0.102. The van der Waals surface area contributed by atoms with Gasteiger partial charge in [0.25, 0.3) is 5.91 Å². The number of amides is 1. The Labute approximate surface area is 117 Å². The van der Waals surface area contributed by atoms with Crippen molar-refractivity contribution >= 4 is 28.9 Å². The van der Waals surface area contributed by atoms with E-state index in [2.05, 4.69) is 5.32 Å². The van der Waals surface area contributed by atoms with Crippen molar-refractivity contribution in [1.82, 2.24) is 0 Å². The number of rotatable bonds is 2. The van der Waals surface area contributed by atoms with Gasteiger partial charge >= 0.3 is 0 Å². The second-order valence-corrected chi connectivity index (χ2v) is 4.92. The Hall–Kier alpha value is -2.00.